The van der Waals surface area contributed by atoms with Crippen LogP contribution in [0.1, 0.15) is 60.1 Å². The number of amides is 1. The number of benzene rings is 2. The van der Waals surface area contributed by atoms with Crippen LogP contribution in [0.15, 0.2) is 61.1 Å². The molecular weight excluding hydrogens is 519 g/mol. The molecule has 4 fully saturated rings. The first kappa shape index (κ1) is 23.9. The molecule has 2 heterocycles. The zero-order chi connectivity index (χ0) is 25.9. The van der Waals surface area contributed by atoms with Crippen molar-refractivity contribution in [2.75, 3.05) is 5.32 Å². The summed E-state index contributed by atoms with van der Waals surface area (Å²) in [5, 5.41) is 13.6. The molecule has 1 N–H and O–H groups in total. The second-order valence-corrected chi connectivity index (χ2v) is 12.1. The second kappa shape index (κ2) is 9.24. The van der Waals surface area contributed by atoms with Crippen molar-refractivity contribution in [3.05, 3.63) is 87.9 Å². The monoisotopic (exact) mass is 546 g/mol. The van der Waals surface area contributed by atoms with E-state index in [-0.39, 0.29) is 17.3 Å². The molecule has 194 valence electrons. The number of nitrogens with one attached hydrogen (secondary N) is 1. The lowest BCUT2D eigenvalue weighted by Gasteiger charge is -2.56. The van der Waals surface area contributed by atoms with Gasteiger partial charge in [0.1, 0.15) is 6.33 Å². The van der Waals surface area contributed by atoms with Crippen molar-refractivity contribution in [1.82, 2.24) is 24.5 Å². The van der Waals surface area contributed by atoms with Crippen molar-refractivity contribution < 1.29 is 4.79 Å². The molecule has 38 heavy (non-hydrogen) atoms. The SMILES string of the molecule is O=C(Nc1ncn(Cc2c(Cl)cccc2Cl)n1)c1cn(-c2ccccc2)nc1C12CC3CC(CC(C3)C1)C2. The van der Waals surface area contributed by atoms with Crippen LogP contribution in [0.25, 0.3) is 5.69 Å². The Morgan fingerprint density at radius 2 is 1.58 bits per heavy atom. The molecule has 0 unspecified atom stereocenters. The van der Waals surface area contributed by atoms with Crippen LogP contribution in [-0.4, -0.2) is 30.5 Å². The van der Waals surface area contributed by atoms with Crippen molar-refractivity contribution >= 4 is 35.1 Å². The summed E-state index contributed by atoms with van der Waals surface area (Å²) in [6, 6.07) is 15.4. The fourth-order valence-electron chi connectivity index (χ4n) is 7.49. The summed E-state index contributed by atoms with van der Waals surface area (Å²) in [5.41, 5.74) is 3.21. The van der Waals surface area contributed by atoms with E-state index >= 15 is 0 Å². The Morgan fingerprint density at radius 1 is 0.921 bits per heavy atom. The van der Waals surface area contributed by atoms with Gasteiger partial charge in [-0.1, -0.05) is 47.5 Å². The van der Waals surface area contributed by atoms with Crippen molar-refractivity contribution in [2.24, 2.45) is 17.8 Å². The van der Waals surface area contributed by atoms with Crippen LogP contribution in [0, 0.1) is 17.8 Å². The van der Waals surface area contributed by atoms with Crippen LogP contribution in [0.5, 0.6) is 0 Å². The molecule has 0 radical (unpaired) electrons. The van der Waals surface area contributed by atoms with Gasteiger partial charge < -0.3 is 0 Å². The Morgan fingerprint density at radius 3 is 2.24 bits per heavy atom. The molecule has 4 aliphatic rings. The standard InChI is InChI=1S/C29H28Cl2N6O/c30-24-7-4-8-25(31)22(24)15-36-17-32-28(35-36)33-27(38)23-16-37(21-5-2-1-3-6-21)34-26(23)29-12-18-9-19(13-29)11-20(10-18)14-29/h1-8,16-20H,9-15H2,(H,33,35,38). The first-order chi connectivity index (χ1) is 18.5. The van der Waals surface area contributed by atoms with Gasteiger partial charge in [0.15, 0.2) is 0 Å². The minimum atomic E-state index is -0.230. The second-order valence-electron chi connectivity index (χ2n) is 11.3. The summed E-state index contributed by atoms with van der Waals surface area (Å²) in [5.74, 6) is 2.24. The fraction of sp³-hybridized carbons (Fsp3) is 0.379. The average Bonchev–Trinajstić information content (AvgIpc) is 3.54. The van der Waals surface area contributed by atoms with Gasteiger partial charge in [-0.3, -0.25) is 10.1 Å². The summed E-state index contributed by atoms with van der Waals surface area (Å²) in [4.78, 5) is 18.1. The third-order valence-corrected chi connectivity index (χ3v) is 9.37. The summed E-state index contributed by atoms with van der Waals surface area (Å²) < 4.78 is 3.48. The molecule has 9 heteroatoms. The Kier molecular flexibility index (Phi) is 5.82. The van der Waals surface area contributed by atoms with Gasteiger partial charge in [0.25, 0.3) is 5.91 Å². The van der Waals surface area contributed by atoms with Gasteiger partial charge in [0, 0.05) is 27.2 Å². The molecule has 4 aromatic rings. The third kappa shape index (κ3) is 4.22. The highest BCUT2D eigenvalue weighted by Gasteiger charge is 2.54. The van der Waals surface area contributed by atoms with E-state index in [4.69, 9.17) is 28.3 Å². The fourth-order valence-corrected chi connectivity index (χ4v) is 8.00. The molecule has 7 nitrogen and oxygen atoms in total. The Hall–Kier alpha value is -3.16. The summed E-state index contributed by atoms with van der Waals surface area (Å²) >= 11 is 12.6. The molecule has 1 amide bonds. The smallest absolute Gasteiger partial charge is 0.261 e. The van der Waals surface area contributed by atoms with Crippen molar-refractivity contribution in [3.63, 3.8) is 0 Å². The number of hydrogen-bond acceptors (Lipinski definition) is 4. The van der Waals surface area contributed by atoms with Gasteiger partial charge >= 0.3 is 0 Å². The number of rotatable bonds is 6. The molecule has 4 saturated carbocycles. The number of aromatic nitrogens is 5. The number of carbonyl (C=O) groups is 1. The van der Waals surface area contributed by atoms with Gasteiger partial charge in [-0.25, -0.2) is 14.3 Å². The highest BCUT2D eigenvalue weighted by molar-refractivity contribution is 6.35. The highest BCUT2D eigenvalue weighted by Crippen LogP contribution is 2.60. The first-order valence-corrected chi connectivity index (χ1v) is 14.0. The van der Waals surface area contributed by atoms with Gasteiger partial charge in [0.05, 0.1) is 23.5 Å². The lowest BCUT2D eigenvalue weighted by atomic mass is 9.48. The van der Waals surface area contributed by atoms with Crippen molar-refractivity contribution in [3.8, 4) is 5.69 Å². The minimum absolute atomic E-state index is 0.0327. The van der Waals surface area contributed by atoms with E-state index in [1.807, 2.05) is 41.2 Å². The van der Waals surface area contributed by atoms with Crippen LogP contribution < -0.4 is 5.32 Å². The largest absolute Gasteiger partial charge is 0.289 e. The van der Waals surface area contributed by atoms with Crippen LogP contribution >= 0.6 is 23.2 Å². The van der Waals surface area contributed by atoms with Crippen LogP contribution in [-0.2, 0) is 12.0 Å². The predicted molar refractivity (Wildman–Crippen MR) is 147 cm³/mol. The molecule has 8 rings (SSSR count). The molecule has 0 spiro atoms. The Bertz CT molecular complexity index is 1450. The quantitative estimate of drug-likeness (QED) is 0.298. The molecule has 2 aromatic carbocycles. The summed E-state index contributed by atoms with van der Waals surface area (Å²) in [6.07, 6.45) is 10.8. The number of nitrogens with zero attached hydrogens (tertiary/aromatic N) is 5. The number of halogens is 2. The normalized spacial score (nSPS) is 25.6. The zero-order valence-corrected chi connectivity index (χ0v) is 22.4. The van der Waals surface area contributed by atoms with Crippen LogP contribution in [0.3, 0.4) is 0 Å². The molecular formula is C29H28Cl2N6O. The maximum absolute atomic E-state index is 13.8. The minimum Gasteiger partial charge on any atom is -0.289 e. The molecule has 4 bridgehead atoms. The van der Waals surface area contributed by atoms with E-state index in [1.165, 1.54) is 19.3 Å². The first-order valence-electron chi connectivity index (χ1n) is 13.2. The third-order valence-electron chi connectivity index (χ3n) is 8.66. The zero-order valence-electron chi connectivity index (χ0n) is 20.9. The topological polar surface area (TPSA) is 77.6 Å². The van der Waals surface area contributed by atoms with E-state index < -0.39 is 0 Å². The number of carbonyl (C=O) groups excluding carboxylic acids is 1. The Labute approximate surface area is 231 Å². The molecule has 0 aliphatic heterocycles. The number of para-hydroxylation sites is 1. The van der Waals surface area contributed by atoms with Gasteiger partial charge in [-0.2, -0.15) is 5.10 Å². The molecule has 4 aliphatic carbocycles. The number of anilines is 1. The van der Waals surface area contributed by atoms with Gasteiger partial charge in [0.2, 0.25) is 5.95 Å². The van der Waals surface area contributed by atoms with E-state index in [1.54, 1.807) is 29.2 Å². The van der Waals surface area contributed by atoms with E-state index in [0.29, 0.717) is 22.2 Å². The van der Waals surface area contributed by atoms with Gasteiger partial charge in [-0.15, -0.1) is 5.10 Å². The van der Waals surface area contributed by atoms with Crippen LogP contribution in [0.2, 0.25) is 10.0 Å². The van der Waals surface area contributed by atoms with E-state index in [2.05, 4.69) is 15.4 Å². The van der Waals surface area contributed by atoms with Gasteiger partial charge in [-0.05, 0) is 80.5 Å². The van der Waals surface area contributed by atoms with Crippen molar-refractivity contribution in [1.29, 1.82) is 0 Å². The maximum atomic E-state index is 13.8. The summed E-state index contributed by atoms with van der Waals surface area (Å²) in [7, 11) is 0. The van der Waals surface area contributed by atoms with Crippen LogP contribution in [0.4, 0.5) is 5.95 Å². The van der Waals surface area contributed by atoms with E-state index in [9.17, 15) is 4.79 Å². The average molecular weight is 547 g/mol. The summed E-state index contributed by atoms with van der Waals surface area (Å²) in [6.45, 7) is 0.353. The van der Waals surface area contributed by atoms with E-state index in [0.717, 1.165) is 54.0 Å². The lowest BCUT2D eigenvalue weighted by Crippen LogP contribution is -2.49. The molecule has 0 atom stereocenters. The molecule has 2 aromatic heterocycles. The molecule has 0 saturated heterocycles. The predicted octanol–water partition coefficient (Wildman–Crippen LogP) is 6.54. The van der Waals surface area contributed by atoms with Crippen molar-refractivity contribution in [2.45, 2.75) is 50.5 Å². The Balaban J connectivity index is 1.20. The number of hydrogen-bond donors (Lipinski definition) is 1. The maximum Gasteiger partial charge on any atom is 0.261 e. The highest BCUT2D eigenvalue weighted by atomic mass is 35.5. The lowest BCUT2D eigenvalue weighted by molar-refractivity contribution is -0.00765.